The molecule has 0 spiro atoms. The normalized spacial score (nSPS) is 26.3. The van der Waals surface area contributed by atoms with E-state index in [-0.39, 0.29) is 12.0 Å². The molecule has 1 saturated carbocycles. The van der Waals surface area contributed by atoms with Gasteiger partial charge in [-0.2, -0.15) is 0 Å². The highest BCUT2D eigenvalue weighted by molar-refractivity contribution is 4.87. The molecule has 0 aromatic carbocycles. The van der Waals surface area contributed by atoms with E-state index in [1.807, 2.05) is 0 Å². The quantitative estimate of drug-likeness (QED) is 0.754. The molecule has 2 aliphatic rings. The summed E-state index contributed by atoms with van der Waals surface area (Å²) in [5.74, 6) is 0. The Bertz CT molecular complexity index is 242. The Hall–Kier alpha value is -0.160. The summed E-state index contributed by atoms with van der Waals surface area (Å²) in [5, 5.41) is 18.7. The van der Waals surface area contributed by atoms with Crippen LogP contribution in [0.2, 0.25) is 0 Å². The minimum Gasteiger partial charge on any atom is -0.396 e. The van der Waals surface area contributed by atoms with Crippen LogP contribution in [-0.2, 0) is 0 Å². The van der Waals surface area contributed by atoms with Crippen LogP contribution >= 0.6 is 0 Å². The van der Waals surface area contributed by atoms with Gasteiger partial charge in [-0.3, -0.25) is 4.90 Å². The van der Waals surface area contributed by atoms with E-state index in [2.05, 4.69) is 9.80 Å². The van der Waals surface area contributed by atoms with Crippen molar-refractivity contribution in [2.24, 2.45) is 5.41 Å². The highest BCUT2D eigenvalue weighted by atomic mass is 16.3. The van der Waals surface area contributed by atoms with Crippen molar-refractivity contribution >= 4 is 0 Å². The maximum Gasteiger partial charge on any atom is 0.0558 e. The van der Waals surface area contributed by atoms with E-state index in [1.165, 1.54) is 32.1 Å². The van der Waals surface area contributed by atoms with Crippen LogP contribution < -0.4 is 0 Å². The Morgan fingerprint density at radius 1 is 0.833 bits per heavy atom. The molecule has 4 nitrogen and oxygen atoms in total. The molecule has 106 valence electrons. The summed E-state index contributed by atoms with van der Waals surface area (Å²) in [6.07, 6.45) is 6.14. The minimum atomic E-state index is 0.187. The van der Waals surface area contributed by atoms with Crippen LogP contribution in [0.25, 0.3) is 0 Å². The van der Waals surface area contributed by atoms with Crippen molar-refractivity contribution in [3.63, 3.8) is 0 Å². The molecular formula is C14H28N2O2. The number of rotatable bonds is 5. The first-order valence-corrected chi connectivity index (χ1v) is 7.44. The van der Waals surface area contributed by atoms with Gasteiger partial charge in [0.2, 0.25) is 0 Å². The van der Waals surface area contributed by atoms with Crippen LogP contribution in [-0.4, -0.2) is 72.5 Å². The van der Waals surface area contributed by atoms with E-state index in [0.29, 0.717) is 6.61 Å². The molecule has 0 atom stereocenters. The van der Waals surface area contributed by atoms with E-state index in [4.69, 9.17) is 5.11 Å². The highest BCUT2D eigenvalue weighted by Crippen LogP contribution is 2.38. The fourth-order valence-corrected chi connectivity index (χ4v) is 3.51. The van der Waals surface area contributed by atoms with Gasteiger partial charge in [0.15, 0.2) is 0 Å². The molecule has 0 unspecified atom stereocenters. The average molecular weight is 256 g/mol. The van der Waals surface area contributed by atoms with Gasteiger partial charge in [0, 0.05) is 38.2 Å². The predicted octanol–water partition coefficient (Wildman–Crippen LogP) is 0.539. The minimum absolute atomic E-state index is 0.187. The molecule has 1 heterocycles. The first-order valence-electron chi connectivity index (χ1n) is 7.44. The van der Waals surface area contributed by atoms with Gasteiger partial charge in [-0.25, -0.2) is 0 Å². The van der Waals surface area contributed by atoms with Gasteiger partial charge in [-0.15, -0.1) is 0 Å². The van der Waals surface area contributed by atoms with Gasteiger partial charge in [0.25, 0.3) is 0 Å². The largest absolute Gasteiger partial charge is 0.396 e. The van der Waals surface area contributed by atoms with Crippen molar-refractivity contribution in [2.75, 3.05) is 52.5 Å². The third kappa shape index (κ3) is 3.67. The molecule has 2 rings (SSSR count). The van der Waals surface area contributed by atoms with Crippen molar-refractivity contribution in [2.45, 2.75) is 32.1 Å². The Morgan fingerprint density at radius 2 is 1.50 bits per heavy atom. The molecule has 1 aliphatic heterocycles. The smallest absolute Gasteiger partial charge is 0.0558 e. The molecule has 0 aromatic rings. The Labute approximate surface area is 111 Å². The summed E-state index contributed by atoms with van der Waals surface area (Å²) in [4.78, 5) is 4.87. The van der Waals surface area contributed by atoms with Crippen LogP contribution in [0.5, 0.6) is 0 Å². The number of nitrogens with zero attached hydrogens (tertiary/aromatic N) is 2. The zero-order valence-corrected chi connectivity index (χ0v) is 11.5. The molecule has 1 saturated heterocycles. The molecule has 0 bridgehead atoms. The monoisotopic (exact) mass is 256 g/mol. The molecule has 0 amide bonds. The zero-order valence-electron chi connectivity index (χ0n) is 11.5. The second kappa shape index (κ2) is 6.85. The van der Waals surface area contributed by atoms with Crippen molar-refractivity contribution in [1.82, 2.24) is 9.80 Å². The van der Waals surface area contributed by atoms with E-state index in [0.717, 1.165) is 39.3 Å². The van der Waals surface area contributed by atoms with Gasteiger partial charge >= 0.3 is 0 Å². The second-order valence-electron chi connectivity index (χ2n) is 6.06. The van der Waals surface area contributed by atoms with Crippen LogP contribution in [0.3, 0.4) is 0 Å². The first kappa shape index (κ1) is 14.3. The third-order valence-electron chi connectivity index (χ3n) is 4.66. The van der Waals surface area contributed by atoms with Gasteiger partial charge in [0.1, 0.15) is 0 Å². The fourth-order valence-electron chi connectivity index (χ4n) is 3.51. The highest BCUT2D eigenvalue weighted by Gasteiger charge is 2.35. The van der Waals surface area contributed by atoms with E-state index < -0.39 is 0 Å². The molecule has 1 aliphatic carbocycles. The number of hydrogen-bond donors (Lipinski definition) is 2. The molecular weight excluding hydrogens is 228 g/mol. The Balaban J connectivity index is 1.82. The van der Waals surface area contributed by atoms with Crippen LogP contribution in [0.1, 0.15) is 32.1 Å². The van der Waals surface area contributed by atoms with Crippen molar-refractivity contribution < 1.29 is 10.2 Å². The summed E-state index contributed by atoms with van der Waals surface area (Å²) in [7, 11) is 0. The van der Waals surface area contributed by atoms with Gasteiger partial charge in [-0.1, -0.05) is 12.8 Å². The Morgan fingerprint density at radius 3 is 2.17 bits per heavy atom. The lowest BCUT2D eigenvalue weighted by Crippen LogP contribution is -2.40. The maximum absolute atomic E-state index is 9.68. The standard InChI is InChI=1S/C14H28N2O2/c17-11-10-15-6-3-7-16(9-8-15)12-14(13-18)4-1-2-5-14/h17-18H,1-13H2. The number of aliphatic hydroxyl groups excluding tert-OH is 2. The fraction of sp³-hybridized carbons (Fsp3) is 1.00. The molecule has 0 radical (unpaired) electrons. The van der Waals surface area contributed by atoms with Crippen molar-refractivity contribution in [3.05, 3.63) is 0 Å². The lowest BCUT2D eigenvalue weighted by molar-refractivity contribution is 0.0793. The lowest BCUT2D eigenvalue weighted by atomic mass is 9.86. The number of hydrogen-bond acceptors (Lipinski definition) is 4. The van der Waals surface area contributed by atoms with Crippen LogP contribution in [0.15, 0.2) is 0 Å². The SMILES string of the molecule is OCCN1CCCN(CC2(CO)CCCC2)CC1. The summed E-state index contributed by atoms with van der Waals surface area (Å²) < 4.78 is 0. The van der Waals surface area contributed by atoms with E-state index in [1.54, 1.807) is 0 Å². The maximum atomic E-state index is 9.68. The second-order valence-corrected chi connectivity index (χ2v) is 6.06. The van der Waals surface area contributed by atoms with E-state index in [9.17, 15) is 5.11 Å². The van der Waals surface area contributed by atoms with Gasteiger partial charge in [0.05, 0.1) is 6.61 Å². The summed E-state index contributed by atoms with van der Waals surface area (Å²) >= 11 is 0. The van der Waals surface area contributed by atoms with Crippen molar-refractivity contribution in [3.8, 4) is 0 Å². The first-order chi connectivity index (χ1) is 8.78. The number of β-amino-alcohol motifs (C(OH)–C–C–N with tert-alkyl or cyclic N) is 1. The van der Waals surface area contributed by atoms with Gasteiger partial charge < -0.3 is 15.1 Å². The summed E-state index contributed by atoms with van der Waals surface area (Å²) in [6.45, 7) is 6.87. The summed E-state index contributed by atoms with van der Waals surface area (Å²) in [6, 6.07) is 0. The molecule has 2 fully saturated rings. The molecule has 0 aromatic heterocycles. The Kier molecular flexibility index (Phi) is 5.42. The van der Waals surface area contributed by atoms with E-state index >= 15 is 0 Å². The van der Waals surface area contributed by atoms with Gasteiger partial charge in [-0.05, 0) is 32.4 Å². The zero-order chi connectivity index (χ0) is 12.8. The van der Waals surface area contributed by atoms with Crippen molar-refractivity contribution in [1.29, 1.82) is 0 Å². The number of aliphatic hydroxyl groups is 2. The lowest BCUT2D eigenvalue weighted by Gasteiger charge is -2.33. The van der Waals surface area contributed by atoms with Crippen LogP contribution in [0, 0.1) is 5.41 Å². The molecule has 2 N–H and O–H groups in total. The molecule has 18 heavy (non-hydrogen) atoms. The predicted molar refractivity (Wildman–Crippen MR) is 72.6 cm³/mol. The summed E-state index contributed by atoms with van der Waals surface area (Å²) in [5.41, 5.74) is 0.187. The third-order valence-corrected chi connectivity index (χ3v) is 4.66. The average Bonchev–Trinajstić information content (AvgIpc) is 2.74. The van der Waals surface area contributed by atoms with Crippen LogP contribution in [0.4, 0.5) is 0 Å². The topological polar surface area (TPSA) is 46.9 Å². The molecule has 4 heteroatoms.